The van der Waals surface area contributed by atoms with E-state index in [-0.39, 0.29) is 30.8 Å². The van der Waals surface area contributed by atoms with Crippen LogP contribution in [0.2, 0.25) is 0 Å². The number of hydrogen-bond acceptors (Lipinski definition) is 17. The molecule has 0 amide bonds. The lowest BCUT2D eigenvalue weighted by molar-refractivity contribution is -0.307. The summed E-state index contributed by atoms with van der Waals surface area (Å²) in [6.07, 6.45) is -18.3. The van der Waals surface area contributed by atoms with E-state index in [0.29, 0.717) is 11.1 Å². The van der Waals surface area contributed by atoms with Crippen molar-refractivity contribution in [3.05, 3.63) is 52.1 Å². The molecule has 1 aromatic rings. The molecular formula is C34H50O17. The number of aliphatic hydroxyl groups is 10. The first-order valence-corrected chi connectivity index (χ1v) is 16.6. The number of ether oxygens (including phenoxy) is 6. The molecule has 0 bridgehead atoms. The monoisotopic (exact) mass is 730 g/mol. The molecule has 3 aliphatic heterocycles. The zero-order valence-corrected chi connectivity index (χ0v) is 28.8. The van der Waals surface area contributed by atoms with Gasteiger partial charge in [-0.2, -0.15) is 0 Å². The quantitative estimate of drug-likeness (QED) is 0.0774. The fraction of sp³-hybridized carbons (Fsp3) is 0.676. The highest BCUT2D eigenvalue weighted by atomic mass is 16.7. The summed E-state index contributed by atoms with van der Waals surface area (Å²) >= 11 is 0. The maximum Gasteiger partial charge on any atom is 0.340 e. The molecule has 10 N–H and O–H groups in total. The Labute approximate surface area is 294 Å². The molecule has 0 spiro atoms. The summed E-state index contributed by atoms with van der Waals surface area (Å²) in [4.78, 5) is 13.5. The number of allylic oxidation sites excluding steroid dienone is 4. The predicted octanol–water partition coefficient (Wildman–Crippen LogP) is -2.70. The minimum absolute atomic E-state index is 0.0150. The largest absolute Gasteiger partial charge is 0.461 e. The fourth-order valence-corrected chi connectivity index (χ4v) is 5.68. The van der Waals surface area contributed by atoms with E-state index in [4.69, 9.17) is 28.4 Å². The van der Waals surface area contributed by atoms with E-state index < -0.39 is 105 Å². The zero-order valence-electron chi connectivity index (χ0n) is 28.8. The second-order valence-electron chi connectivity index (χ2n) is 13.4. The van der Waals surface area contributed by atoms with E-state index in [1.54, 1.807) is 0 Å². The van der Waals surface area contributed by atoms with Gasteiger partial charge in [0, 0.05) is 0 Å². The molecule has 0 saturated carbocycles. The van der Waals surface area contributed by atoms with Crippen LogP contribution in [-0.2, 0) is 36.5 Å². The Kier molecular flexibility index (Phi) is 14.5. The average Bonchev–Trinajstić information content (AvgIpc) is 3.09. The Hall–Kier alpha value is -2.59. The van der Waals surface area contributed by atoms with Crippen LogP contribution >= 0.6 is 0 Å². The third-order valence-corrected chi connectivity index (χ3v) is 8.79. The van der Waals surface area contributed by atoms with Gasteiger partial charge in [0.05, 0.1) is 25.4 Å². The van der Waals surface area contributed by atoms with Crippen LogP contribution in [0.4, 0.5) is 0 Å². The molecule has 3 saturated heterocycles. The zero-order chi connectivity index (χ0) is 37.7. The molecular weight excluding hydrogens is 680 g/mol. The van der Waals surface area contributed by atoms with Gasteiger partial charge < -0.3 is 79.5 Å². The van der Waals surface area contributed by atoms with Crippen LogP contribution in [0.3, 0.4) is 0 Å². The Bertz CT molecular complexity index is 1330. The standard InChI is InChI=1S/C34H50O17/c1-14(2)5-7-16-9-18(31(45)51-34-29(44)25(40)23(38)20(11-35)48-34)10-17(8-6-15(3)4)30(16)50-33-28(43)26(41)24(39)21(49-33)13-47-32-27(42)22(37)19(36)12-46-32/h5-6,9-10,19-29,32-44H,7-8,11-13H2,1-4H3. The van der Waals surface area contributed by atoms with Crippen LogP contribution in [0.1, 0.15) is 49.2 Å². The summed E-state index contributed by atoms with van der Waals surface area (Å²) in [6, 6.07) is 2.88. The first-order valence-electron chi connectivity index (χ1n) is 16.6. The van der Waals surface area contributed by atoms with E-state index >= 15 is 0 Å². The summed E-state index contributed by atoms with van der Waals surface area (Å²) in [5.41, 5.74) is 2.63. The second-order valence-corrected chi connectivity index (χ2v) is 13.4. The van der Waals surface area contributed by atoms with Gasteiger partial charge in [-0.3, -0.25) is 0 Å². The molecule has 14 unspecified atom stereocenters. The van der Waals surface area contributed by atoms with Crippen molar-refractivity contribution < 1.29 is 84.3 Å². The minimum atomic E-state index is -1.82. The fourth-order valence-electron chi connectivity index (χ4n) is 5.68. The van der Waals surface area contributed by atoms with Crippen LogP contribution in [0.25, 0.3) is 0 Å². The van der Waals surface area contributed by atoms with E-state index in [2.05, 4.69) is 0 Å². The summed E-state index contributed by atoms with van der Waals surface area (Å²) in [7, 11) is 0. The molecule has 3 aliphatic rings. The van der Waals surface area contributed by atoms with Crippen molar-refractivity contribution in [2.24, 2.45) is 0 Å². The number of carbonyl (C=O) groups excluding carboxylic acids is 1. The molecule has 0 radical (unpaired) electrons. The first-order chi connectivity index (χ1) is 24.0. The number of benzene rings is 1. The number of hydrogen-bond donors (Lipinski definition) is 10. The highest BCUT2D eigenvalue weighted by Crippen LogP contribution is 2.34. The van der Waals surface area contributed by atoms with Gasteiger partial charge in [0.2, 0.25) is 12.6 Å². The van der Waals surface area contributed by atoms with E-state index in [9.17, 15) is 55.9 Å². The number of esters is 1. The lowest BCUT2D eigenvalue weighted by Gasteiger charge is -2.41. The van der Waals surface area contributed by atoms with Crippen molar-refractivity contribution >= 4 is 5.97 Å². The molecule has 3 heterocycles. The number of carbonyl (C=O) groups is 1. The molecule has 288 valence electrons. The molecule has 51 heavy (non-hydrogen) atoms. The van der Waals surface area contributed by atoms with Gasteiger partial charge in [0.25, 0.3) is 0 Å². The minimum Gasteiger partial charge on any atom is -0.461 e. The summed E-state index contributed by atoms with van der Waals surface area (Å²) in [5, 5.41) is 102. The van der Waals surface area contributed by atoms with Crippen molar-refractivity contribution in [1.29, 1.82) is 0 Å². The summed E-state index contributed by atoms with van der Waals surface area (Å²) < 4.78 is 33.6. The van der Waals surface area contributed by atoms with Gasteiger partial charge in [0.15, 0.2) is 6.29 Å². The average molecular weight is 731 g/mol. The SMILES string of the molecule is CC(C)=CCc1cc(C(=O)OC2OC(CO)C(O)C(O)C2O)cc(CC=C(C)C)c1OC1OC(COC2OCC(O)C(O)C2O)C(O)C(O)C1O. The van der Waals surface area contributed by atoms with Gasteiger partial charge in [-0.1, -0.05) is 23.3 Å². The molecule has 1 aromatic carbocycles. The van der Waals surface area contributed by atoms with Gasteiger partial charge in [-0.05, 0) is 63.8 Å². The van der Waals surface area contributed by atoms with E-state index in [0.717, 1.165) is 11.1 Å². The van der Waals surface area contributed by atoms with Crippen molar-refractivity contribution in [3.63, 3.8) is 0 Å². The Morgan fingerprint density at radius 1 is 0.706 bits per heavy atom. The molecule has 0 aliphatic carbocycles. The van der Waals surface area contributed by atoms with Crippen molar-refractivity contribution in [2.45, 2.75) is 127 Å². The Balaban J connectivity index is 1.64. The normalized spacial score (nSPS) is 37.0. The lowest BCUT2D eigenvalue weighted by Crippen LogP contribution is -2.61. The first kappa shape index (κ1) is 41.2. The maximum absolute atomic E-state index is 13.5. The smallest absolute Gasteiger partial charge is 0.340 e. The molecule has 17 heteroatoms. The van der Waals surface area contributed by atoms with Crippen molar-refractivity contribution in [1.82, 2.24) is 0 Å². The molecule has 3 fully saturated rings. The van der Waals surface area contributed by atoms with Crippen LogP contribution in [-0.4, -0.2) is 163 Å². The van der Waals surface area contributed by atoms with Crippen LogP contribution in [0.15, 0.2) is 35.4 Å². The molecule has 0 aromatic heterocycles. The lowest BCUT2D eigenvalue weighted by atomic mass is 9.97. The third kappa shape index (κ3) is 9.89. The highest BCUT2D eigenvalue weighted by Gasteiger charge is 2.48. The topological polar surface area (TPSA) is 275 Å². The number of rotatable bonds is 12. The summed E-state index contributed by atoms with van der Waals surface area (Å²) in [5.74, 6) is -0.804. The maximum atomic E-state index is 13.5. The molecule has 17 nitrogen and oxygen atoms in total. The Morgan fingerprint density at radius 2 is 1.22 bits per heavy atom. The van der Waals surface area contributed by atoms with E-state index in [1.807, 2.05) is 39.8 Å². The summed E-state index contributed by atoms with van der Waals surface area (Å²) in [6.45, 7) is 5.86. The van der Waals surface area contributed by atoms with Crippen molar-refractivity contribution in [3.8, 4) is 5.75 Å². The molecule has 4 rings (SSSR count). The Morgan fingerprint density at radius 3 is 1.76 bits per heavy atom. The number of aliphatic hydroxyl groups excluding tert-OH is 10. The van der Waals surface area contributed by atoms with Gasteiger partial charge in [0.1, 0.15) is 72.9 Å². The van der Waals surface area contributed by atoms with Gasteiger partial charge in [-0.25, -0.2) is 4.79 Å². The van der Waals surface area contributed by atoms with Crippen LogP contribution in [0.5, 0.6) is 5.75 Å². The third-order valence-electron chi connectivity index (χ3n) is 8.79. The molecule has 14 atom stereocenters. The predicted molar refractivity (Wildman–Crippen MR) is 173 cm³/mol. The van der Waals surface area contributed by atoms with E-state index in [1.165, 1.54) is 12.1 Å². The van der Waals surface area contributed by atoms with Crippen LogP contribution < -0.4 is 4.74 Å². The van der Waals surface area contributed by atoms with Gasteiger partial charge in [-0.15, -0.1) is 0 Å². The second kappa shape index (κ2) is 18.0. The highest BCUT2D eigenvalue weighted by molar-refractivity contribution is 5.90. The van der Waals surface area contributed by atoms with Crippen molar-refractivity contribution in [2.75, 3.05) is 19.8 Å². The van der Waals surface area contributed by atoms with Crippen LogP contribution in [0, 0.1) is 0 Å². The van der Waals surface area contributed by atoms with Gasteiger partial charge >= 0.3 is 5.97 Å².